The van der Waals surface area contributed by atoms with Gasteiger partial charge < -0.3 is 26.8 Å². The molecule has 0 aliphatic carbocycles. The zero-order chi connectivity index (χ0) is 22.9. The van der Waals surface area contributed by atoms with Crippen LogP contribution in [0.1, 0.15) is 48.0 Å². The Hall–Kier alpha value is -1.81. The maximum atomic E-state index is 12.8. The zero-order valence-electron chi connectivity index (χ0n) is 18.1. The number of nitrogens with two attached hydrogens (primary N) is 1. The fourth-order valence-corrected chi connectivity index (χ4v) is 2.78. The molecule has 0 bridgehead atoms. The van der Waals surface area contributed by atoms with Gasteiger partial charge in [0.15, 0.2) is 0 Å². The summed E-state index contributed by atoms with van der Waals surface area (Å²) in [6, 6.07) is -3.75. The lowest BCUT2D eigenvalue weighted by Gasteiger charge is -2.28. The summed E-state index contributed by atoms with van der Waals surface area (Å²) in [7, 11) is 0. The summed E-state index contributed by atoms with van der Waals surface area (Å²) in [5.41, 5.74) is 5.67. The average molecular weight is 433 g/mol. The van der Waals surface area contributed by atoms with E-state index < -0.39 is 47.9 Å². The topological polar surface area (TPSA) is 151 Å². The van der Waals surface area contributed by atoms with Crippen molar-refractivity contribution in [2.75, 3.05) is 5.75 Å². The van der Waals surface area contributed by atoms with E-state index in [0.717, 1.165) is 0 Å². The molecule has 4 atom stereocenters. The van der Waals surface area contributed by atoms with Gasteiger partial charge in [0, 0.05) is 5.75 Å². The van der Waals surface area contributed by atoms with Crippen LogP contribution in [0, 0.1) is 17.8 Å². The highest BCUT2D eigenvalue weighted by Gasteiger charge is 2.32. The van der Waals surface area contributed by atoms with Gasteiger partial charge in [-0.3, -0.25) is 14.4 Å². The largest absolute Gasteiger partial charge is 0.480 e. The highest BCUT2D eigenvalue weighted by atomic mass is 32.1. The summed E-state index contributed by atoms with van der Waals surface area (Å²) in [5.74, 6) is -3.15. The predicted octanol–water partition coefficient (Wildman–Crippen LogP) is 0.141. The molecule has 0 aromatic rings. The molecule has 0 aromatic heterocycles. The first-order valence-corrected chi connectivity index (χ1v) is 10.4. The van der Waals surface area contributed by atoms with Crippen molar-refractivity contribution >= 4 is 36.3 Å². The van der Waals surface area contributed by atoms with Crippen LogP contribution in [0.5, 0.6) is 0 Å². The minimum absolute atomic E-state index is 0.0990. The standard InChI is InChI=1S/C19H36N4O5S/c1-9(2)7-13(21-16(24)12(20)8-29)17(25)22-14(10(3)4)18(26)23-15(11(5)6)19(27)28/h9-15,29H,7-8,20H2,1-6H3,(H,21,24)(H,22,25)(H,23,26)(H,27,28). The van der Waals surface area contributed by atoms with Gasteiger partial charge in [0.05, 0.1) is 6.04 Å². The van der Waals surface area contributed by atoms with Crippen molar-refractivity contribution in [1.82, 2.24) is 16.0 Å². The minimum Gasteiger partial charge on any atom is -0.480 e. The Morgan fingerprint density at radius 2 is 1.31 bits per heavy atom. The second kappa shape index (κ2) is 12.7. The number of thiol groups is 1. The molecule has 4 unspecified atom stereocenters. The molecule has 0 rings (SSSR count). The van der Waals surface area contributed by atoms with Gasteiger partial charge in [-0.2, -0.15) is 12.6 Å². The number of carbonyl (C=O) groups is 4. The second-order valence-corrected chi connectivity index (χ2v) is 8.64. The molecule has 0 saturated heterocycles. The minimum atomic E-state index is -1.15. The smallest absolute Gasteiger partial charge is 0.326 e. The quantitative estimate of drug-likeness (QED) is 0.241. The van der Waals surface area contributed by atoms with Gasteiger partial charge in [0.1, 0.15) is 18.1 Å². The number of hydrogen-bond donors (Lipinski definition) is 6. The summed E-state index contributed by atoms with van der Waals surface area (Å²) < 4.78 is 0. The maximum absolute atomic E-state index is 12.8. The maximum Gasteiger partial charge on any atom is 0.326 e. The number of carboxylic acids is 1. The van der Waals surface area contributed by atoms with E-state index in [0.29, 0.717) is 6.42 Å². The van der Waals surface area contributed by atoms with Crippen LogP contribution in [-0.4, -0.2) is 58.7 Å². The van der Waals surface area contributed by atoms with Crippen molar-refractivity contribution in [2.24, 2.45) is 23.5 Å². The van der Waals surface area contributed by atoms with E-state index in [1.165, 1.54) is 0 Å². The lowest BCUT2D eigenvalue weighted by atomic mass is 9.98. The third kappa shape index (κ3) is 9.49. The molecule has 6 N–H and O–H groups in total. The average Bonchev–Trinajstić information content (AvgIpc) is 2.60. The zero-order valence-corrected chi connectivity index (χ0v) is 19.0. The Kier molecular flexibility index (Phi) is 11.9. The van der Waals surface area contributed by atoms with Crippen LogP contribution >= 0.6 is 12.6 Å². The molecule has 29 heavy (non-hydrogen) atoms. The lowest BCUT2D eigenvalue weighted by molar-refractivity contribution is -0.143. The molecule has 0 aliphatic rings. The van der Waals surface area contributed by atoms with Crippen LogP contribution in [0.15, 0.2) is 0 Å². The molecule has 0 radical (unpaired) electrons. The van der Waals surface area contributed by atoms with Gasteiger partial charge in [-0.15, -0.1) is 0 Å². The first-order valence-electron chi connectivity index (χ1n) is 9.82. The third-order valence-corrected chi connectivity index (χ3v) is 4.74. The molecule has 9 nitrogen and oxygen atoms in total. The van der Waals surface area contributed by atoms with Gasteiger partial charge in [0.25, 0.3) is 0 Å². The van der Waals surface area contributed by atoms with Crippen LogP contribution in [-0.2, 0) is 19.2 Å². The Balaban J connectivity index is 5.38. The van der Waals surface area contributed by atoms with Crippen molar-refractivity contribution < 1.29 is 24.3 Å². The first-order chi connectivity index (χ1) is 13.3. The molecule has 0 spiro atoms. The van der Waals surface area contributed by atoms with E-state index in [2.05, 4.69) is 28.6 Å². The lowest BCUT2D eigenvalue weighted by Crippen LogP contribution is -2.59. The first kappa shape index (κ1) is 27.2. The summed E-state index contributed by atoms with van der Waals surface area (Å²) >= 11 is 3.99. The van der Waals surface area contributed by atoms with Gasteiger partial charge in [-0.05, 0) is 24.2 Å². The number of aliphatic carboxylic acids is 1. The van der Waals surface area contributed by atoms with Crippen molar-refractivity contribution in [3.8, 4) is 0 Å². The van der Waals surface area contributed by atoms with Crippen molar-refractivity contribution in [1.29, 1.82) is 0 Å². The molecule has 10 heteroatoms. The highest BCUT2D eigenvalue weighted by Crippen LogP contribution is 2.10. The SMILES string of the molecule is CC(C)CC(NC(=O)C(N)CS)C(=O)NC(C(=O)NC(C(=O)O)C(C)C)C(C)C. The number of nitrogens with one attached hydrogen (secondary N) is 3. The molecular formula is C19H36N4O5S. The highest BCUT2D eigenvalue weighted by molar-refractivity contribution is 7.80. The molecule has 0 aromatic carbocycles. The summed E-state index contributed by atoms with van der Waals surface area (Å²) in [5, 5.41) is 17.0. The van der Waals surface area contributed by atoms with Crippen molar-refractivity contribution in [3.05, 3.63) is 0 Å². The summed E-state index contributed by atoms with van der Waals surface area (Å²) in [6.45, 7) is 10.6. The van der Waals surface area contributed by atoms with Gasteiger partial charge in [-0.1, -0.05) is 41.5 Å². The van der Waals surface area contributed by atoms with Crippen LogP contribution in [0.3, 0.4) is 0 Å². The molecular weight excluding hydrogens is 396 g/mol. The summed E-state index contributed by atoms with van der Waals surface area (Å²) in [6.07, 6.45) is 0.354. The van der Waals surface area contributed by atoms with E-state index in [1.807, 2.05) is 13.8 Å². The van der Waals surface area contributed by atoms with Crippen molar-refractivity contribution in [3.63, 3.8) is 0 Å². The molecule has 0 heterocycles. The number of carbonyl (C=O) groups excluding carboxylic acids is 3. The van der Waals surface area contributed by atoms with Gasteiger partial charge in [0.2, 0.25) is 17.7 Å². The molecule has 0 saturated carbocycles. The van der Waals surface area contributed by atoms with E-state index in [1.54, 1.807) is 27.7 Å². The van der Waals surface area contributed by atoms with Gasteiger partial charge >= 0.3 is 5.97 Å². The predicted molar refractivity (Wildman–Crippen MR) is 114 cm³/mol. The van der Waals surface area contributed by atoms with E-state index in [-0.39, 0.29) is 23.5 Å². The number of carboxylic acid groups (broad SMARTS) is 1. The Labute approximate surface area is 178 Å². The van der Waals surface area contributed by atoms with Crippen molar-refractivity contribution in [2.45, 2.75) is 72.1 Å². The fraction of sp³-hybridized carbons (Fsp3) is 0.789. The van der Waals surface area contributed by atoms with Crippen LogP contribution in [0.25, 0.3) is 0 Å². The molecule has 0 aliphatic heterocycles. The second-order valence-electron chi connectivity index (χ2n) is 8.28. The fourth-order valence-electron chi connectivity index (χ4n) is 2.61. The normalized spacial score (nSPS) is 15.6. The Morgan fingerprint density at radius 1 is 0.828 bits per heavy atom. The monoisotopic (exact) mass is 432 g/mol. The van der Waals surface area contributed by atoms with E-state index >= 15 is 0 Å². The number of rotatable bonds is 12. The van der Waals surface area contributed by atoms with Gasteiger partial charge in [-0.25, -0.2) is 4.79 Å². The molecule has 0 fully saturated rings. The van der Waals surface area contributed by atoms with E-state index in [9.17, 15) is 24.3 Å². The Morgan fingerprint density at radius 3 is 1.69 bits per heavy atom. The Bertz CT molecular complexity index is 583. The molecule has 168 valence electrons. The van der Waals surface area contributed by atoms with E-state index in [4.69, 9.17) is 5.73 Å². The van der Waals surface area contributed by atoms with Crippen LogP contribution in [0.2, 0.25) is 0 Å². The number of amides is 3. The summed E-state index contributed by atoms with van der Waals surface area (Å²) in [4.78, 5) is 48.9. The third-order valence-electron chi connectivity index (χ3n) is 4.35. The molecule has 3 amide bonds. The van der Waals surface area contributed by atoms with Crippen LogP contribution < -0.4 is 21.7 Å². The van der Waals surface area contributed by atoms with Crippen LogP contribution in [0.4, 0.5) is 0 Å². The number of hydrogen-bond acceptors (Lipinski definition) is 6.